The van der Waals surface area contributed by atoms with Crippen LogP contribution in [0.25, 0.3) is 0 Å². The molecule has 0 saturated carbocycles. The minimum absolute atomic E-state index is 0.0394. The van der Waals surface area contributed by atoms with E-state index in [0.717, 1.165) is 24.5 Å². The topological polar surface area (TPSA) is 44.4 Å². The van der Waals surface area contributed by atoms with Gasteiger partial charge in [0.2, 0.25) is 5.91 Å². The van der Waals surface area contributed by atoms with Crippen LogP contribution in [0.4, 0.5) is 17.1 Å². The standard InChI is InChI=1S/C18H21N3O/c22-18(14-19-15-7-2-1-3-8-15)20-16-9-6-10-17(13-16)21-11-4-5-12-21/h1-3,6-10,13,19H,4-5,11-12,14H2,(H,20,22). The molecule has 0 aliphatic carbocycles. The fraction of sp³-hybridized carbons (Fsp3) is 0.278. The van der Waals surface area contributed by atoms with Gasteiger partial charge in [0.25, 0.3) is 0 Å². The van der Waals surface area contributed by atoms with E-state index < -0.39 is 0 Å². The average Bonchev–Trinajstić information content (AvgIpc) is 3.09. The molecule has 0 spiro atoms. The van der Waals surface area contributed by atoms with E-state index in [2.05, 4.69) is 21.6 Å². The molecule has 2 N–H and O–H groups in total. The molecule has 1 aliphatic rings. The molecule has 0 aromatic heterocycles. The summed E-state index contributed by atoms with van der Waals surface area (Å²) in [6, 6.07) is 17.8. The van der Waals surface area contributed by atoms with Crippen molar-refractivity contribution in [2.24, 2.45) is 0 Å². The highest BCUT2D eigenvalue weighted by Gasteiger charge is 2.12. The summed E-state index contributed by atoms with van der Waals surface area (Å²) < 4.78 is 0. The molecular weight excluding hydrogens is 274 g/mol. The minimum atomic E-state index is -0.0394. The first-order valence-electron chi connectivity index (χ1n) is 7.75. The molecule has 4 nitrogen and oxygen atoms in total. The van der Waals surface area contributed by atoms with Crippen molar-refractivity contribution in [1.82, 2.24) is 0 Å². The van der Waals surface area contributed by atoms with Crippen molar-refractivity contribution in [1.29, 1.82) is 0 Å². The molecule has 2 aromatic carbocycles. The lowest BCUT2D eigenvalue weighted by Gasteiger charge is -2.18. The fourth-order valence-corrected chi connectivity index (χ4v) is 2.70. The lowest BCUT2D eigenvalue weighted by molar-refractivity contribution is -0.114. The molecule has 1 amide bonds. The zero-order valence-electron chi connectivity index (χ0n) is 12.6. The molecule has 0 radical (unpaired) electrons. The SMILES string of the molecule is O=C(CNc1ccccc1)Nc1cccc(N2CCCC2)c1. The maximum Gasteiger partial charge on any atom is 0.243 e. The molecule has 2 aromatic rings. The van der Waals surface area contributed by atoms with E-state index in [4.69, 9.17) is 0 Å². The number of anilines is 3. The van der Waals surface area contributed by atoms with Crippen molar-refractivity contribution < 1.29 is 4.79 Å². The van der Waals surface area contributed by atoms with Gasteiger partial charge in [-0.1, -0.05) is 24.3 Å². The minimum Gasteiger partial charge on any atom is -0.376 e. The van der Waals surface area contributed by atoms with Crippen LogP contribution in [0.2, 0.25) is 0 Å². The van der Waals surface area contributed by atoms with Gasteiger partial charge in [-0.15, -0.1) is 0 Å². The summed E-state index contributed by atoms with van der Waals surface area (Å²) in [5.74, 6) is -0.0394. The maximum absolute atomic E-state index is 12.0. The van der Waals surface area contributed by atoms with Gasteiger partial charge in [0, 0.05) is 30.2 Å². The number of nitrogens with one attached hydrogen (secondary N) is 2. The second-order valence-corrected chi connectivity index (χ2v) is 5.51. The van der Waals surface area contributed by atoms with Gasteiger partial charge in [0.05, 0.1) is 6.54 Å². The Balaban J connectivity index is 1.56. The number of hydrogen-bond donors (Lipinski definition) is 2. The molecule has 0 bridgehead atoms. The van der Waals surface area contributed by atoms with Gasteiger partial charge in [-0.3, -0.25) is 4.79 Å². The molecule has 3 rings (SSSR count). The van der Waals surface area contributed by atoms with Gasteiger partial charge in [-0.25, -0.2) is 0 Å². The summed E-state index contributed by atoms with van der Waals surface area (Å²) in [5, 5.41) is 6.06. The highest BCUT2D eigenvalue weighted by molar-refractivity contribution is 5.94. The first-order chi connectivity index (χ1) is 10.8. The van der Waals surface area contributed by atoms with E-state index >= 15 is 0 Å². The summed E-state index contributed by atoms with van der Waals surface area (Å²) in [4.78, 5) is 14.4. The maximum atomic E-state index is 12.0. The zero-order chi connectivity index (χ0) is 15.2. The van der Waals surface area contributed by atoms with E-state index in [1.807, 2.05) is 48.5 Å². The second-order valence-electron chi connectivity index (χ2n) is 5.51. The van der Waals surface area contributed by atoms with Gasteiger partial charge in [0.15, 0.2) is 0 Å². The van der Waals surface area contributed by atoms with E-state index in [1.54, 1.807) is 0 Å². The van der Waals surface area contributed by atoms with Crippen molar-refractivity contribution in [3.8, 4) is 0 Å². The third kappa shape index (κ3) is 3.79. The third-order valence-electron chi connectivity index (χ3n) is 3.83. The van der Waals surface area contributed by atoms with E-state index in [9.17, 15) is 4.79 Å². The Morgan fingerprint density at radius 1 is 0.955 bits per heavy atom. The molecule has 0 unspecified atom stereocenters. The number of amides is 1. The van der Waals surface area contributed by atoms with Crippen LogP contribution in [0.15, 0.2) is 54.6 Å². The summed E-state index contributed by atoms with van der Waals surface area (Å²) in [5.41, 5.74) is 2.99. The van der Waals surface area contributed by atoms with Gasteiger partial charge in [0.1, 0.15) is 0 Å². The lowest BCUT2D eigenvalue weighted by Crippen LogP contribution is -2.22. The molecule has 22 heavy (non-hydrogen) atoms. The normalized spacial score (nSPS) is 13.9. The smallest absolute Gasteiger partial charge is 0.243 e. The molecule has 4 heteroatoms. The molecule has 1 saturated heterocycles. The highest BCUT2D eigenvalue weighted by atomic mass is 16.1. The van der Waals surface area contributed by atoms with Crippen molar-refractivity contribution in [3.05, 3.63) is 54.6 Å². The Morgan fingerprint density at radius 2 is 1.68 bits per heavy atom. The Kier molecular flexibility index (Phi) is 4.59. The summed E-state index contributed by atoms with van der Waals surface area (Å²) in [7, 11) is 0. The van der Waals surface area contributed by atoms with Crippen LogP contribution in [0.5, 0.6) is 0 Å². The Hall–Kier alpha value is -2.49. The first-order valence-corrected chi connectivity index (χ1v) is 7.75. The molecule has 1 fully saturated rings. The molecule has 1 aliphatic heterocycles. The first kappa shape index (κ1) is 14.4. The number of para-hydroxylation sites is 1. The quantitative estimate of drug-likeness (QED) is 0.889. The number of carbonyl (C=O) groups excluding carboxylic acids is 1. The van der Waals surface area contributed by atoms with E-state index in [-0.39, 0.29) is 12.5 Å². The lowest BCUT2D eigenvalue weighted by atomic mass is 10.2. The van der Waals surface area contributed by atoms with E-state index in [1.165, 1.54) is 18.5 Å². The zero-order valence-corrected chi connectivity index (χ0v) is 12.6. The largest absolute Gasteiger partial charge is 0.376 e. The fourth-order valence-electron chi connectivity index (χ4n) is 2.70. The molecular formula is C18H21N3O. The summed E-state index contributed by atoms with van der Waals surface area (Å²) >= 11 is 0. The molecule has 1 heterocycles. The number of rotatable bonds is 5. The van der Waals surface area contributed by atoms with Crippen LogP contribution in [-0.4, -0.2) is 25.5 Å². The van der Waals surface area contributed by atoms with Gasteiger partial charge in [-0.05, 0) is 43.2 Å². The predicted octanol–water partition coefficient (Wildman–Crippen LogP) is 3.34. The number of hydrogen-bond acceptors (Lipinski definition) is 3. The Bertz CT molecular complexity index is 621. The van der Waals surface area contributed by atoms with Crippen LogP contribution >= 0.6 is 0 Å². The number of nitrogens with zero attached hydrogens (tertiary/aromatic N) is 1. The van der Waals surface area contributed by atoms with Crippen LogP contribution < -0.4 is 15.5 Å². The van der Waals surface area contributed by atoms with Crippen LogP contribution in [0.1, 0.15) is 12.8 Å². The van der Waals surface area contributed by atoms with Crippen molar-refractivity contribution in [2.45, 2.75) is 12.8 Å². The van der Waals surface area contributed by atoms with Gasteiger partial charge >= 0.3 is 0 Å². The van der Waals surface area contributed by atoms with Crippen molar-refractivity contribution in [3.63, 3.8) is 0 Å². The second kappa shape index (κ2) is 6.98. The van der Waals surface area contributed by atoms with Gasteiger partial charge < -0.3 is 15.5 Å². The Morgan fingerprint density at radius 3 is 2.45 bits per heavy atom. The number of benzene rings is 2. The van der Waals surface area contributed by atoms with Crippen molar-refractivity contribution in [2.75, 3.05) is 35.2 Å². The van der Waals surface area contributed by atoms with Crippen LogP contribution in [0.3, 0.4) is 0 Å². The van der Waals surface area contributed by atoms with Crippen molar-refractivity contribution >= 4 is 23.0 Å². The average molecular weight is 295 g/mol. The van der Waals surface area contributed by atoms with Crippen LogP contribution in [0, 0.1) is 0 Å². The summed E-state index contributed by atoms with van der Waals surface area (Å²) in [6.45, 7) is 2.47. The van der Waals surface area contributed by atoms with E-state index in [0.29, 0.717) is 0 Å². The monoisotopic (exact) mass is 295 g/mol. The van der Waals surface area contributed by atoms with Crippen LogP contribution in [-0.2, 0) is 4.79 Å². The predicted molar refractivity (Wildman–Crippen MR) is 91.5 cm³/mol. The third-order valence-corrected chi connectivity index (χ3v) is 3.83. The Labute approximate surface area is 131 Å². The molecule has 0 atom stereocenters. The summed E-state index contributed by atoms with van der Waals surface area (Å²) in [6.07, 6.45) is 2.50. The molecule has 114 valence electrons. The highest BCUT2D eigenvalue weighted by Crippen LogP contribution is 2.23. The number of carbonyl (C=O) groups is 1. The van der Waals surface area contributed by atoms with Gasteiger partial charge in [-0.2, -0.15) is 0 Å².